The van der Waals surface area contributed by atoms with E-state index in [-0.39, 0.29) is 0 Å². The lowest BCUT2D eigenvalue weighted by molar-refractivity contribution is 0.0732. The summed E-state index contributed by atoms with van der Waals surface area (Å²) in [5, 5.41) is 3.96. The summed E-state index contributed by atoms with van der Waals surface area (Å²) in [7, 11) is 0. The fourth-order valence-electron chi connectivity index (χ4n) is 3.96. The van der Waals surface area contributed by atoms with E-state index in [1.807, 2.05) is 0 Å². The number of hydrogen-bond donors (Lipinski definition) is 1. The largest absolute Gasteiger partial charge is 0.381 e. The lowest BCUT2D eigenvalue weighted by Gasteiger charge is -2.32. The van der Waals surface area contributed by atoms with Gasteiger partial charge >= 0.3 is 0 Å². The molecule has 3 fully saturated rings. The summed E-state index contributed by atoms with van der Waals surface area (Å²) in [4.78, 5) is 0. The van der Waals surface area contributed by atoms with Gasteiger partial charge in [-0.25, -0.2) is 0 Å². The van der Waals surface area contributed by atoms with Crippen molar-refractivity contribution in [2.24, 2.45) is 11.8 Å². The highest BCUT2D eigenvalue weighted by molar-refractivity contribution is 4.82. The van der Waals surface area contributed by atoms with Crippen LogP contribution in [0.25, 0.3) is 0 Å². The maximum absolute atomic E-state index is 5.88. The molecule has 3 aliphatic carbocycles. The first-order valence-electron chi connectivity index (χ1n) is 9.24. The molecule has 0 heterocycles. The van der Waals surface area contributed by atoms with Gasteiger partial charge in [0.15, 0.2) is 0 Å². The van der Waals surface area contributed by atoms with Crippen molar-refractivity contribution in [1.29, 1.82) is 0 Å². The molecule has 0 spiro atoms. The lowest BCUT2D eigenvalue weighted by Crippen LogP contribution is -2.40. The van der Waals surface area contributed by atoms with Crippen LogP contribution < -0.4 is 5.32 Å². The van der Waals surface area contributed by atoms with Crippen molar-refractivity contribution in [3.8, 4) is 0 Å². The summed E-state index contributed by atoms with van der Waals surface area (Å²) in [5.41, 5.74) is 0. The molecule has 0 aromatic rings. The van der Waals surface area contributed by atoms with E-state index in [0.29, 0.717) is 0 Å². The molecule has 3 aliphatic rings. The third-order valence-corrected chi connectivity index (χ3v) is 5.58. The topological polar surface area (TPSA) is 21.3 Å². The monoisotopic (exact) mass is 279 g/mol. The summed E-state index contributed by atoms with van der Waals surface area (Å²) in [6.45, 7) is 2.08. The average molecular weight is 279 g/mol. The van der Waals surface area contributed by atoms with E-state index in [4.69, 9.17) is 4.74 Å². The van der Waals surface area contributed by atoms with E-state index in [2.05, 4.69) is 5.32 Å². The van der Waals surface area contributed by atoms with Crippen molar-refractivity contribution in [3.63, 3.8) is 0 Å². The minimum atomic E-state index is 0.804. The molecular weight excluding hydrogens is 246 g/mol. The lowest BCUT2D eigenvalue weighted by atomic mass is 9.86. The molecule has 0 aromatic heterocycles. The average Bonchev–Trinajstić information content (AvgIpc) is 3.28. The van der Waals surface area contributed by atoms with Gasteiger partial charge in [0.1, 0.15) is 0 Å². The first-order valence-corrected chi connectivity index (χ1v) is 9.24. The highest BCUT2D eigenvalue weighted by Crippen LogP contribution is 2.30. The van der Waals surface area contributed by atoms with Crippen molar-refractivity contribution in [2.45, 2.75) is 89.1 Å². The van der Waals surface area contributed by atoms with Crippen molar-refractivity contribution < 1.29 is 4.74 Å². The van der Waals surface area contributed by atoms with Crippen LogP contribution in [-0.4, -0.2) is 25.3 Å². The van der Waals surface area contributed by atoms with Gasteiger partial charge in [0.2, 0.25) is 0 Å². The first-order chi connectivity index (χ1) is 9.90. The van der Waals surface area contributed by atoms with Gasteiger partial charge in [0.05, 0.1) is 0 Å². The minimum Gasteiger partial charge on any atom is -0.381 e. The van der Waals surface area contributed by atoms with Gasteiger partial charge in [-0.05, 0) is 63.2 Å². The quantitative estimate of drug-likeness (QED) is 0.733. The first kappa shape index (κ1) is 14.8. The molecule has 2 heteroatoms. The Hall–Kier alpha value is -0.0800. The Morgan fingerprint density at radius 1 is 0.600 bits per heavy atom. The molecule has 0 aromatic carbocycles. The van der Waals surface area contributed by atoms with Crippen LogP contribution in [0.3, 0.4) is 0 Å². The van der Waals surface area contributed by atoms with E-state index < -0.39 is 0 Å². The van der Waals surface area contributed by atoms with Gasteiger partial charge in [-0.3, -0.25) is 0 Å². The fourth-order valence-corrected chi connectivity index (χ4v) is 3.96. The number of nitrogens with one attached hydrogen (secondary N) is 1. The van der Waals surface area contributed by atoms with Crippen LogP contribution in [0.2, 0.25) is 0 Å². The molecule has 0 unspecified atom stereocenters. The van der Waals surface area contributed by atoms with E-state index in [0.717, 1.165) is 37.1 Å². The number of ether oxygens (including phenoxy) is 1. The second-order valence-electron chi connectivity index (χ2n) is 7.55. The van der Waals surface area contributed by atoms with E-state index in [1.54, 1.807) is 0 Å². The van der Waals surface area contributed by atoms with Crippen LogP contribution in [0.15, 0.2) is 0 Å². The normalized spacial score (nSPS) is 33.0. The zero-order valence-electron chi connectivity index (χ0n) is 13.1. The molecule has 0 atom stereocenters. The second-order valence-corrected chi connectivity index (χ2v) is 7.55. The Balaban J connectivity index is 1.28. The predicted octanol–water partition coefficient (Wildman–Crippen LogP) is 4.28. The van der Waals surface area contributed by atoms with Gasteiger partial charge in [-0.15, -0.1) is 0 Å². The Kier molecular flexibility index (Phi) is 5.78. The van der Waals surface area contributed by atoms with Crippen molar-refractivity contribution in [1.82, 2.24) is 5.32 Å². The summed E-state index contributed by atoms with van der Waals surface area (Å²) in [6.07, 6.45) is 17.0. The Bertz CT molecular complexity index is 261. The van der Waals surface area contributed by atoms with Crippen LogP contribution in [0.4, 0.5) is 0 Å². The Morgan fingerprint density at radius 3 is 1.65 bits per heavy atom. The van der Waals surface area contributed by atoms with Crippen molar-refractivity contribution in [2.75, 3.05) is 13.2 Å². The smallest absolute Gasteiger partial charge is 0.0494 e. The van der Waals surface area contributed by atoms with E-state index in [1.165, 1.54) is 77.0 Å². The number of hydrogen-bond acceptors (Lipinski definition) is 2. The van der Waals surface area contributed by atoms with Crippen molar-refractivity contribution >= 4 is 0 Å². The molecular formula is C18H33NO. The standard InChI is InChI=1S/C18H33NO/c1-2-4-6-17(5-3-1)19-18-11-9-16(10-12-18)14-20-13-15-7-8-15/h15-19H,1-14H2. The molecule has 1 N–H and O–H groups in total. The fraction of sp³-hybridized carbons (Fsp3) is 1.00. The molecule has 3 saturated carbocycles. The van der Waals surface area contributed by atoms with Crippen LogP contribution in [0.1, 0.15) is 77.0 Å². The summed E-state index contributed by atoms with van der Waals surface area (Å²) in [6, 6.07) is 1.63. The highest BCUT2D eigenvalue weighted by Gasteiger charge is 2.25. The molecule has 0 bridgehead atoms. The maximum Gasteiger partial charge on any atom is 0.0494 e. The molecule has 0 amide bonds. The van der Waals surface area contributed by atoms with Gasteiger partial charge in [-0.1, -0.05) is 25.7 Å². The molecule has 20 heavy (non-hydrogen) atoms. The molecule has 116 valence electrons. The summed E-state index contributed by atoms with van der Waals surface area (Å²) < 4.78 is 5.88. The molecule has 0 saturated heterocycles. The zero-order valence-corrected chi connectivity index (χ0v) is 13.1. The maximum atomic E-state index is 5.88. The number of rotatable bonds is 6. The van der Waals surface area contributed by atoms with Gasteiger partial charge in [-0.2, -0.15) is 0 Å². The molecule has 0 aliphatic heterocycles. The Labute approximate surface area is 125 Å². The minimum absolute atomic E-state index is 0.804. The van der Waals surface area contributed by atoms with Crippen LogP contribution in [0.5, 0.6) is 0 Å². The molecule has 2 nitrogen and oxygen atoms in total. The SMILES string of the molecule is C1CCCC(NC2CCC(COCC3CC3)CC2)CC1. The van der Waals surface area contributed by atoms with Crippen LogP contribution in [-0.2, 0) is 4.74 Å². The molecule has 3 rings (SSSR count). The van der Waals surface area contributed by atoms with Crippen LogP contribution in [0, 0.1) is 11.8 Å². The summed E-state index contributed by atoms with van der Waals surface area (Å²) in [5.74, 6) is 1.77. The van der Waals surface area contributed by atoms with E-state index in [9.17, 15) is 0 Å². The van der Waals surface area contributed by atoms with Gasteiger partial charge < -0.3 is 10.1 Å². The third kappa shape index (κ3) is 5.04. The Morgan fingerprint density at radius 2 is 1.10 bits per heavy atom. The van der Waals surface area contributed by atoms with Crippen LogP contribution >= 0.6 is 0 Å². The zero-order chi connectivity index (χ0) is 13.6. The van der Waals surface area contributed by atoms with Gasteiger partial charge in [0, 0.05) is 25.3 Å². The third-order valence-electron chi connectivity index (χ3n) is 5.58. The summed E-state index contributed by atoms with van der Waals surface area (Å²) >= 11 is 0. The predicted molar refractivity (Wildman–Crippen MR) is 83.9 cm³/mol. The van der Waals surface area contributed by atoms with Gasteiger partial charge in [0.25, 0.3) is 0 Å². The van der Waals surface area contributed by atoms with Crippen molar-refractivity contribution in [3.05, 3.63) is 0 Å². The second kappa shape index (κ2) is 7.79. The highest BCUT2D eigenvalue weighted by atomic mass is 16.5. The molecule has 0 radical (unpaired) electrons. The van der Waals surface area contributed by atoms with E-state index >= 15 is 0 Å².